The first-order valence-electron chi connectivity index (χ1n) is 6.86. The third-order valence-electron chi connectivity index (χ3n) is 3.20. The maximum absolute atomic E-state index is 11.9. The second-order valence-corrected chi connectivity index (χ2v) is 6.00. The Morgan fingerprint density at radius 3 is 2.53 bits per heavy atom. The van der Waals surface area contributed by atoms with E-state index in [-0.39, 0.29) is 5.97 Å². The molecule has 1 aromatic heterocycles. The van der Waals surface area contributed by atoms with Gasteiger partial charge in [0.15, 0.2) is 0 Å². The smallest absolute Gasteiger partial charge is 0.357 e. The fraction of sp³-hybridized carbons (Fsp3) is 0.600. The predicted octanol–water partition coefficient (Wildman–Crippen LogP) is 2.50. The van der Waals surface area contributed by atoms with E-state index in [9.17, 15) is 4.79 Å². The lowest BCUT2D eigenvalue weighted by molar-refractivity contribution is 0.00628. The van der Waals surface area contributed by atoms with E-state index in [1.807, 2.05) is 33.0 Å². The lowest BCUT2D eigenvalue weighted by Crippen LogP contribution is -2.27. The molecule has 1 aliphatic heterocycles. The third-order valence-corrected chi connectivity index (χ3v) is 3.20. The van der Waals surface area contributed by atoms with Crippen LogP contribution in [0.25, 0.3) is 0 Å². The molecule has 2 rings (SSSR count). The van der Waals surface area contributed by atoms with E-state index >= 15 is 0 Å². The first-order chi connectivity index (χ1) is 8.96. The number of ether oxygens (including phenoxy) is 1. The second-order valence-electron chi connectivity index (χ2n) is 6.00. The Hall–Kier alpha value is -1.42. The summed E-state index contributed by atoms with van der Waals surface area (Å²) in [4.78, 5) is 16.1. The lowest BCUT2D eigenvalue weighted by atomic mass is 9.91. The molecule has 0 aliphatic carbocycles. The minimum Gasteiger partial charge on any atom is -0.455 e. The van der Waals surface area contributed by atoms with Crippen LogP contribution in [0.15, 0.2) is 18.3 Å². The van der Waals surface area contributed by atoms with E-state index in [2.05, 4.69) is 10.3 Å². The van der Waals surface area contributed by atoms with Gasteiger partial charge in [-0.15, -0.1) is 0 Å². The van der Waals surface area contributed by atoms with Crippen molar-refractivity contribution in [3.63, 3.8) is 0 Å². The number of piperidine rings is 1. The van der Waals surface area contributed by atoms with Crippen molar-refractivity contribution in [1.82, 2.24) is 10.3 Å². The summed E-state index contributed by atoms with van der Waals surface area (Å²) in [6.45, 7) is 7.67. The molecule has 1 aromatic rings. The van der Waals surface area contributed by atoms with Crippen molar-refractivity contribution in [2.24, 2.45) is 0 Å². The molecule has 1 fully saturated rings. The van der Waals surface area contributed by atoms with Crippen LogP contribution in [0.2, 0.25) is 0 Å². The van der Waals surface area contributed by atoms with Crippen LogP contribution < -0.4 is 5.32 Å². The van der Waals surface area contributed by atoms with Crippen LogP contribution in [0.4, 0.5) is 0 Å². The van der Waals surface area contributed by atoms with E-state index in [1.54, 1.807) is 6.07 Å². The summed E-state index contributed by atoms with van der Waals surface area (Å²) >= 11 is 0. The van der Waals surface area contributed by atoms with Gasteiger partial charge in [-0.2, -0.15) is 0 Å². The molecule has 0 amide bonds. The molecule has 104 valence electrons. The number of pyridine rings is 1. The summed E-state index contributed by atoms with van der Waals surface area (Å²) < 4.78 is 5.30. The van der Waals surface area contributed by atoms with Crippen molar-refractivity contribution in [3.05, 3.63) is 29.6 Å². The van der Waals surface area contributed by atoms with E-state index in [0.29, 0.717) is 11.6 Å². The molecule has 19 heavy (non-hydrogen) atoms. The summed E-state index contributed by atoms with van der Waals surface area (Å²) in [6, 6.07) is 3.77. The molecule has 1 N–H and O–H groups in total. The Bertz CT molecular complexity index is 428. The van der Waals surface area contributed by atoms with E-state index in [1.165, 1.54) is 5.56 Å². The molecule has 4 heteroatoms. The average Bonchev–Trinajstić information content (AvgIpc) is 2.38. The van der Waals surface area contributed by atoms with E-state index in [0.717, 1.165) is 25.9 Å². The number of nitrogens with zero attached hydrogens (tertiary/aromatic N) is 1. The number of aromatic nitrogens is 1. The SMILES string of the molecule is CC(C)(C)OC(=O)c1ccc(C2CCNCC2)cn1. The fourth-order valence-electron chi connectivity index (χ4n) is 2.25. The zero-order valence-corrected chi connectivity index (χ0v) is 11.9. The first kappa shape index (κ1) is 14.0. The van der Waals surface area contributed by atoms with Crippen LogP contribution in [0.1, 0.15) is 55.6 Å². The molecule has 0 saturated carbocycles. The highest BCUT2D eigenvalue weighted by molar-refractivity contribution is 5.87. The van der Waals surface area contributed by atoms with Gasteiger partial charge in [-0.1, -0.05) is 6.07 Å². The highest BCUT2D eigenvalue weighted by atomic mass is 16.6. The fourth-order valence-corrected chi connectivity index (χ4v) is 2.25. The van der Waals surface area contributed by atoms with Crippen LogP contribution in [0.5, 0.6) is 0 Å². The Balaban J connectivity index is 2.03. The van der Waals surface area contributed by atoms with E-state index < -0.39 is 5.60 Å². The second kappa shape index (κ2) is 5.70. The van der Waals surface area contributed by atoms with Gasteiger partial charge in [0.1, 0.15) is 11.3 Å². The van der Waals surface area contributed by atoms with Crippen molar-refractivity contribution in [3.8, 4) is 0 Å². The number of rotatable bonds is 2. The highest BCUT2D eigenvalue weighted by Gasteiger charge is 2.20. The lowest BCUT2D eigenvalue weighted by Gasteiger charge is -2.23. The van der Waals surface area contributed by atoms with Crippen molar-refractivity contribution >= 4 is 5.97 Å². The Kier molecular flexibility index (Phi) is 4.20. The summed E-state index contributed by atoms with van der Waals surface area (Å²) in [6.07, 6.45) is 4.08. The van der Waals surface area contributed by atoms with Gasteiger partial charge in [0.05, 0.1) is 0 Å². The first-order valence-corrected chi connectivity index (χ1v) is 6.86. The Morgan fingerprint density at radius 1 is 1.32 bits per heavy atom. The molecule has 1 aliphatic rings. The predicted molar refractivity (Wildman–Crippen MR) is 74.3 cm³/mol. The largest absolute Gasteiger partial charge is 0.455 e. The number of hydrogen-bond acceptors (Lipinski definition) is 4. The van der Waals surface area contributed by atoms with Gasteiger partial charge in [-0.3, -0.25) is 0 Å². The van der Waals surface area contributed by atoms with Gasteiger partial charge >= 0.3 is 5.97 Å². The van der Waals surface area contributed by atoms with Crippen LogP contribution in [0, 0.1) is 0 Å². The van der Waals surface area contributed by atoms with Crippen LogP contribution >= 0.6 is 0 Å². The molecule has 0 aromatic carbocycles. The highest BCUT2D eigenvalue weighted by Crippen LogP contribution is 2.24. The van der Waals surface area contributed by atoms with Gasteiger partial charge in [0.25, 0.3) is 0 Å². The van der Waals surface area contributed by atoms with Gasteiger partial charge in [0.2, 0.25) is 0 Å². The summed E-state index contributed by atoms with van der Waals surface area (Å²) in [5, 5.41) is 3.35. The number of esters is 1. The minimum absolute atomic E-state index is 0.357. The summed E-state index contributed by atoms with van der Waals surface area (Å²) in [7, 11) is 0. The molecule has 0 radical (unpaired) electrons. The van der Waals surface area contributed by atoms with Crippen molar-refractivity contribution in [2.75, 3.05) is 13.1 Å². The summed E-state index contributed by atoms with van der Waals surface area (Å²) in [5.74, 6) is 0.200. The zero-order valence-electron chi connectivity index (χ0n) is 11.9. The van der Waals surface area contributed by atoms with Crippen molar-refractivity contribution in [2.45, 2.75) is 45.1 Å². The number of hydrogen-bond donors (Lipinski definition) is 1. The zero-order chi connectivity index (χ0) is 13.9. The van der Waals surface area contributed by atoms with Crippen LogP contribution in [-0.2, 0) is 4.74 Å². The number of carbonyl (C=O) groups is 1. The number of nitrogens with one attached hydrogen (secondary N) is 1. The monoisotopic (exact) mass is 262 g/mol. The van der Waals surface area contributed by atoms with Crippen molar-refractivity contribution in [1.29, 1.82) is 0 Å². The van der Waals surface area contributed by atoms with Crippen molar-refractivity contribution < 1.29 is 9.53 Å². The summed E-state index contributed by atoms with van der Waals surface area (Å²) in [5.41, 5.74) is 1.12. The molecule has 2 heterocycles. The quantitative estimate of drug-likeness (QED) is 0.832. The Morgan fingerprint density at radius 2 is 2.00 bits per heavy atom. The molecule has 1 saturated heterocycles. The maximum Gasteiger partial charge on any atom is 0.357 e. The molecular formula is C15H22N2O2. The molecule has 4 nitrogen and oxygen atoms in total. The standard InChI is InChI=1S/C15H22N2O2/c1-15(2,3)19-14(18)13-5-4-12(10-17-13)11-6-8-16-9-7-11/h4-5,10-11,16H,6-9H2,1-3H3. The van der Waals surface area contributed by atoms with Gasteiger partial charge in [-0.25, -0.2) is 9.78 Å². The number of carbonyl (C=O) groups excluding carboxylic acids is 1. The molecular weight excluding hydrogens is 240 g/mol. The average molecular weight is 262 g/mol. The van der Waals surface area contributed by atoms with Gasteiger partial charge < -0.3 is 10.1 Å². The third kappa shape index (κ3) is 4.03. The van der Waals surface area contributed by atoms with E-state index in [4.69, 9.17) is 4.74 Å². The molecule has 0 spiro atoms. The van der Waals surface area contributed by atoms with Crippen LogP contribution in [0.3, 0.4) is 0 Å². The normalized spacial score (nSPS) is 17.2. The van der Waals surface area contributed by atoms with Crippen LogP contribution in [-0.4, -0.2) is 29.6 Å². The molecule has 0 bridgehead atoms. The van der Waals surface area contributed by atoms with Gasteiger partial charge in [-0.05, 0) is 64.3 Å². The molecule has 0 unspecified atom stereocenters. The minimum atomic E-state index is -0.480. The maximum atomic E-state index is 11.9. The topological polar surface area (TPSA) is 51.2 Å². The molecule has 0 atom stereocenters. The Labute approximate surface area is 114 Å². The van der Waals surface area contributed by atoms with Gasteiger partial charge in [0, 0.05) is 6.20 Å².